The second kappa shape index (κ2) is 7.42. The summed E-state index contributed by atoms with van der Waals surface area (Å²) in [6.07, 6.45) is 7.59. The molecule has 1 fully saturated rings. The maximum absolute atomic E-state index is 12.0. The normalized spacial score (nSPS) is 15.5. The van der Waals surface area contributed by atoms with Gasteiger partial charge in [-0.25, -0.2) is 0 Å². The number of aryl methyl sites for hydroxylation is 1. The number of piperidine rings is 1. The predicted molar refractivity (Wildman–Crippen MR) is 91.2 cm³/mol. The molecule has 1 aromatic carbocycles. The predicted octanol–water partition coefficient (Wildman–Crippen LogP) is 2.82. The van der Waals surface area contributed by atoms with E-state index in [2.05, 4.69) is 27.4 Å². The van der Waals surface area contributed by atoms with Crippen LogP contribution in [0.2, 0.25) is 0 Å². The van der Waals surface area contributed by atoms with Crippen molar-refractivity contribution in [1.29, 1.82) is 0 Å². The number of rotatable bonds is 5. The lowest BCUT2D eigenvalue weighted by atomic mass is 10.1. The molecule has 5 heteroatoms. The molecule has 2 aromatic rings. The van der Waals surface area contributed by atoms with Gasteiger partial charge in [0.05, 0.1) is 6.20 Å². The number of aromatic nitrogens is 2. The Kier molecular flexibility index (Phi) is 5.08. The van der Waals surface area contributed by atoms with Crippen LogP contribution in [0.1, 0.15) is 30.4 Å². The van der Waals surface area contributed by atoms with Crippen LogP contribution in [0.4, 0.5) is 5.69 Å². The van der Waals surface area contributed by atoms with Crippen molar-refractivity contribution in [3.8, 4) is 0 Å². The first-order chi connectivity index (χ1) is 11.2. The zero-order valence-corrected chi connectivity index (χ0v) is 13.7. The molecular formula is C18H24N4O. The highest BCUT2D eigenvalue weighted by atomic mass is 16.2. The molecule has 1 amide bonds. The van der Waals surface area contributed by atoms with Crippen LogP contribution in [0.15, 0.2) is 36.7 Å². The summed E-state index contributed by atoms with van der Waals surface area (Å²) < 4.78 is 1.65. The van der Waals surface area contributed by atoms with Crippen LogP contribution in [0.3, 0.4) is 0 Å². The van der Waals surface area contributed by atoms with Crippen LogP contribution < -0.4 is 5.32 Å². The number of hydrogen-bond donors (Lipinski definition) is 1. The van der Waals surface area contributed by atoms with E-state index in [-0.39, 0.29) is 12.5 Å². The van der Waals surface area contributed by atoms with Gasteiger partial charge in [-0.2, -0.15) is 5.10 Å². The number of hydrogen-bond acceptors (Lipinski definition) is 3. The van der Waals surface area contributed by atoms with Gasteiger partial charge in [-0.1, -0.05) is 18.6 Å². The highest BCUT2D eigenvalue weighted by molar-refractivity contribution is 5.90. The number of amides is 1. The Balaban J connectivity index is 1.51. The summed E-state index contributed by atoms with van der Waals surface area (Å²) in [5, 5.41) is 7.04. The maximum Gasteiger partial charge on any atom is 0.246 e. The van der Waals surface area contributed by atoms with Crippen LogP contribution >= 0.6 is 0 Å². The number of nitrogens with one attached hydrogen (secondary N) is 1. The number of anilines is 1. The van der Waals surface area contributed by atoms with Crippen LogP contribution in [-0.4, -0.2) is 33.7 Å². The lowest BCUT2D eigenvalue weighted by Crippen LogP contribution is -2.29. The maximum atomic E-state index is 12.0. The van der Waals surface area contributed by atoms with Crippen LogP contribution in [0, 0.1) is 6.92 Å². The molecule has 2 heterocycles. The fraction of sp³-hybridized carbons (Fsp3) is 0.444. The zero-order valence-electron chi connectivity index (χ0n) is 13.7. The number of likely N-dealkylation sites (tertiary alicyclic amines) is 1. The molecule has 23 heavy (non-hydrogen) atoms. The molecule has 0 aliphatic carbocycles. The van der Waals surface area contributed by atoms with E-state index in [0.717, 1.165) is 17.8 Å². The van der Waals surface area contributed by atoms with E-state index in [1.165, 1.54) is 37.9 Å². The second-order valence-electron chi connectivity index (χ2n) is 6.30. The van der Waals surface area contributed by atoms with Gasteiger partial charge in [-0.15, -0.1) is 0 Å². The number of carbonyl (C=O) groups excluding carboxylic acids is 1. The first-order valence-electron chi connectivity index (χ1n) is 8.29. The van der Waals surface area contributed by atoms with Gasteiger partial charge in [0.25, 0.3) is 0 Å². The molecule has 122 valence electrons. The first kappa shape index (κ1) is 15.7. The van der Waals surface area contributed by atoms with Gasteiger partial charge < -0.3 is 5.32 Å². The monoisotopic (exact) mass is 312 g/mol. The largest absolute Gasteiger partial charge is 0.324 e. The van der Waals surface area contributed by atoms with Crippen molar-refractivity contribution in [3.05, 3.63) is 47.8 Å². The lowest BCUT2D eigenvalue weighted by Gasteiger charge is -2.26. The molecule has 0 radical (unpaired) electrons. The average molecular weight is 312 g/mol. The Bertz CT molecular complexity index is 641. The molecule has 1 aliphatic rings. The standard InChI is InChI=1S/C18H24N4O/c1-15-11-19-22(12-15)14-18(23)20-17-7-5-16(6-8-17)13-21-9-3-2-4-10-21/h5-8,11-12H,2-4,9-10,13-14H2,1H3,(H,20,23). The molecule has 1 aliphatic heterocycles. The molecule has 1 saturated heterocycles. The summed E-state index contributed by atoms with van der Waals surface area (Å²) in [5.41, 5.74) is 3.19. The number of carbonyl (C=O) groups is 1. The molecule has 0 spiro atoms. The van der Waals surface area contributed by atoms with Crippen molar-refractivity contribution in [2.24, 2.45) is 0 Å². The van der Waals surface area contributed by atoms with Gasteiger partial charge in [0, 0.05) is 18.4 Å². The molecule has 0 atom stereocenters. The molecule has 0 unspecified atom stereocenters. The summed E-state index contributed by atoms with van der Waals surface area (Å²) >= 11 is 0. The van der Waals surface area contributed by atoms with E-state index in [1.54, 1.807) is 10.9 Å². The van der Waals surface area contributed by atoms with Crippen molar-refractivity contribution in [2.75, 3.05) is 18.4 Å². The molecule has 5 nitrogen and oxygen atoms in total. The minimum absolute atomic E-state index is 0.0584. The third kappa shape index (κ3) is 4.66. The van der Waals surface area contributed by atoms with E-state index in [9.17, 15) is 4.79 Å². The van der Waals surface area contributed by atoms with Crippen molar-refractivity contribution >= 4 is 11.6 Å². The molecule has 3 rings (SSSR count). The third-order valence-electron chi connectivity index (χ3n) is 4.16. The summed E-state index contributed by atoms with van der Waals surface area (Å²) in [5.74, 6) is -0.0584. The van der Waals surface area contributed by atoms with E-state index in [0.29, 0.717) is 0 Å². The van der Waals surface area contributed by atoms with E-state index in [4.69, 9.17) is 0 Å². The average Bonchev–Trinajstić information content (AvgIpc) is 2.95. The zero-order chi connectivity index (χ0) is 16.1. The summed E-state index contributed by atoms with van der Waals surface area (Å²) in [4.78, 5) is 14.5. The third-order valence-corrected chi connectivity index (χ3v) is 4.16. The van der Waals surface area contributed by atoms with E-state index < -0.39 is 0 Å². The minimum Gasteiger partial charge on any atom is -0.324 e. The van der Waals surface area contributed by atoms with Gasteiger partial charge in [-0.3, -0.25) is 14.4 Å². The van der Waals surface area contributed by atoms with E-state index in [1.807, 2.05) is 25.3 Å². The number of benzene rings is 1. The van der Waals surface area contributed by atoms with E-state index >= 15 is 0 Å². The van der Waals surface area contributed by atoms with Crippen LogP contribution in [0.25, 0.3) is 0 Å². The van der Waals surface area contributed by atoms with Gasteiger partial charge in [0.15, 0.2) is 0 Å². The van der Waals surface area contributed by atoms with Crippen LogP contribution in [0.5, 0.6) is 0 Å². The van der Waals surface area contributed by atoms with Crippen molar-refractivity contribution < 1.29 is 4.79 Å². The Labute approximate surface area is 137 Å². The second-order valence-corrected chi connectivity index (χ2v) is 6.30. The highest BCUT2D eigenvalue weighted by Gasteiger charge is 2.10. The Morgan fingerprint density at radius 2 is 1.91 bits per heavy atom. The number of nitrogens with zero attached hydrogens (tertiary/aromatic N) is 3. The molecular weight excluding hydrogens is 288 g/mol. The van der Waals surface area contributed by atoms with Gasteiger partial charge in [0.2, 0.25) is 5.91 Å². The SMILES string of the molecule is Cc1cnn(CC(=O)Nc2ccc(CN3CCCCC3)cc2)c1. The Morgan fingerprint density at radius 3 is 2.57 bits per heavy atom. The Hall–Kier alpha value is -2.14. The topological polar surface area (TPSA) is 50.2 Å². The fourth-order valence-electron chi connectivity index (χ4n) is 2.97. The summed E-state index contributed by atoms with van der Waals surface area (Å²) in [6, 6.07) is 8.15. The van der Waals surface area contributed by atoms with Gasteiger partial charge in [-0.05, 0) is 56.1 Å². The molecule has 1 aromatic heterocycles. The van der Waals surface area contributed by atoms with Crippen LogP contribution in [-0.2, 0) is 17.9 Å². The molecule has 0 saturated carbocycles. The minimum atomic E-state index is -0.0584. The lowest BCUT2D eigenvalue weighted by molar-refractivity contribution is -0.116. The summed E-state index contributed by atoms with van der Waals surface area (Å²) in [6.45, 7) is 5.59. The smallest absolute Gasteiger partial charge is 0.246 e. The van der Waals surface area contributed by atoms with Gasteiger partial charge in [0.1, 0.15) is 6.54 Å². The molecule has 0 bridgehead atoms. The first-order valence-corrected chi connectivity index (χ1v) is 8.29. The fourth-order valence-corrected chi connectivity index (χ4v) is 2.97. The molecule has 1 N–H and O–H groups in total. The van der Waals surface area contributed by atoms with Crippen molar-refractivity contribution in [2.45, 2.75) is 39.3 Å². The Morgan fingerprint density at radius 1 is 1.17 bits per heavy atom. The van der Waals surface area contributed by atoms with Gasteiger partial charge >= 0.3 is 0 Å². The van der Waals surface area contributed by atoms with Crippen molar-refractivity contribution in [1.82, 2.24) is 14.7 Å². The van der Waals surface area contributed by atoms with Crippen molar-refractivity contribution in [3.63, 3.8) is 0 Å². The quantitative estimate of drug-likeness (QED) is 0.923. The summed E-state index contributed by atoms with van der Waals surface area (Å²) in [7, 11) is 0. The highest BCUT2D eigenvalue weighted by Crippen LogP contribution is 2.15.